The van der Waals surface area contributed by atoms with Crippen molar-refractivity contribution in [3.63, 3.8) is 0 Å². The minimum atomic E-state index is -3.83. The number of sulfone groups is 1. The lowest BCUT2D eigenvalue weighted by atomic mass is 9.76. The smallest absolute Gasteiger partial charge is 0.264 e. The van der Waals surface area contributed by atoms with E-state index in [0.717, 1.165) is 19.1 Å². The third-order valence-electron chi connectivity index (χ3n) is 5.27. The summed E-state index contributed by atoms with van der Waals surface area (Å²) < 4.78 is 23.3. The van der Waals surface area contributed by atoms with Gasteiger partial charge in [0, 0.05) is 43.2 Å². The Labute approximate surface area is 169 Å². The van der Waals surface area contributed by atoms with Crippen LogP contribution in [-0.4, -0.2) is 46.8 Å². The Balaban J connectivity index is 2.05. The normalized spacial score (nSPS) is 20.1. The first-order chi connectivity index (χ1) is 13.6. The highest BCUT2D eigenvalue weighted by atomic mass is 32.2. The molecular weight excluding hydrogens is 396 g/mol. The maximum atomic E-state index is 12.2. The lowest BCUT2D eigenvalue weighted by Gasteiger charge is -2.29. The molecule has 1 aromatic heterocycles. The molecular formula is C20H24N2O6S. The topological polar surface area (TPSA) is 126 Å². The number of amides is 1. The number of carbonyl (C=O) groups is 1. The van der Waals surface area contributed by atoms with Crippen molar-refractivity contribution in [3.05, 3.63) is 34.2 Å². The summed E-state index contributed by atoms with van der Waals surface area (Å²) in [6.45, 7) is 1.35. The number of nitrogens with one attached hydrogen (secondary N) is 1. The van der Waals surface area contributed by atoms with Crippen LogP contribution in [0.3, 0.4) is 0 Å². The fourth-order valence-corrected chi connectivity index (χ4v) is 3.78. The second-order valence-electron chi connectivity index (χ2n) is 7.38. The molecule has 1 aliphatic rings. The number of aliphatic hydroxyl groups is 1. The van der Waals surface area contributed by atoms with Crippen LogP contribution in [0.1, 0.15) is 31.7 Å². The summed E-state index contributed by atoms with van der Waals surface area (Å²) >= 11 is 0. The molecule has 0 bridgehead atoms. The molecule has 1 aliphatic carbocycles. The third kappa shape index (κ3) is 5.48. The SMILES string of the molecule is CC(CCn1ccc(C#CC#CC2CC(CO)C2)cc1=O)(C(=O)NO)S(C)(=O)=O. The van der Waals surface area contributed by atoms with E-state index in [9.17, 15) is 18.0 Å². The average Bonchev–Trinajstić information content (AvgIpc) is 2.63. The molecule has 0 aromatic carbocycles. The Morgan fingerprint density at radius 2 is 2.07 bits per heavy atom. The van der Waals surface area contributed by atoms with Gasteiger partial charge < -0.3 is 9.67 Å². The zero-order chi connectivity index (χ0) is 21.7. The zero-order valence-corrected chi connectivity index (χ0v) is 17.1. The summed E-state index contributed by atoms with van der Waals surface area (Å²) in [5, 5.41) is 17.8. The quantitative estimate of drug-likeness (QED) is 0.336. The Kier molecular flexibility index (Phi) is 7.26. The highest BCUT2D eigenvalue weighted by Gasteiger charge is 2.43. The van der Waals surface area contributed by atoms with Gasteiger partial charge in [0.2, 0.25) is 0 Å². The first kappa shape index (κ1) is 22.7. The molecule has 2 rings (SSSR count). The molecule has 156 valence electrons. The van der Waals surface area contributed by atoms with E-state index in [-0.39, 0.29) is 25.5 Å². The van der Waals surface area contributed by atoms with E-state index >= 15 is 0 Å². The molecule has 1 atom stereocenters. The molecule has 0 saturated heterocycles. The van der Waals surface area contributed by atoms with Gasteiger partial charge in [-0.2, -0.15) is 0 Å². The molecule has 1 aromatic rings. The van der Waals surface area contributed by atoms with Crippen LogP contribution in [0.2, 0.25) is 0 Å². The first-order valence-electron chi connectivity index (χ1n) is 9.07. The van der Waals surface area contributed by atoms with Crippen LogP contribution in [0.15, 0.2) is 23.1 Å². The highest BCUT2D eigenvalue weighted by molar-refractivity contribution is 7.92. The van der Waals surface area contributed by atoms with Crippen LogP contribution in [0.25, 0.3) is 0 Å². The van der Waals surface area contributed by atoms with Crippen molar-refractivity contribution in [1.29, 1.82) is 0 Å². The van der Waals surface area contributed by atoms with Gasteiger partial charge in [0.1, 0.15) is 0 Å². The van der Waals surface area contributed by atoms with E-state index in [1.807, 2.05) is 0 Å². The predicted octanol–water partition coefficient (Wildman–Crippen LogP) is -0.0795. The number of hydrogen-bond acceptors (Lipinski definition) is 6. The number of rotatable bonds is 6. The highest BCUT2D eigenvalue weighted by Crippen LogP contribution is 2.32. The van der Waals surface area contributed by atoms with E-state index < -0.39 is 26.1 Å². The number of nitrogens with zero attached hydrogens (tertiary/aromatic N) is 1. The molecule has 1 fully saturated rings. The van der Waals surface area contributed by atoms with Gasteiger partial charge >= 0.3 is 0 Å². The maximum absolute atomic E-state index is 12.2. The molecule has 0 radical (unpaired) electrons. The summed E-state index contributed by atoms with van der Waals surface area (Å²) in [7, 11) is -3.83. The Hall–Kier alpha value is -2.59. The molecule has 1 heterocycles. The molecule has 8 nitrogen and oxygen atoms in total. The summed E-state index contributed by atoms with van der Waals surface area (Å²) in [6, 6.07) is 2.91. The number of hydroxylamine groups is 1. The van der Waals surface area contributed by atoms with Gasteiger partial charge in [-0.05, 0) is 50.0 Å². The van der Waals surface area contributed by atoms with Crippen LogP contribution in [-0.2, 0) is 21.2 Å². The summed E-state index contributed by atoms with van der Waals surface area (Å²) in [5.74, 6) is 10.8. The van der Waals surface area contributed by atoms with E-state index in [2.05, 4.69) is 23.7 Å². The minimum absolute atomic E-state index is 0.0307. The molecule has 29 heavy (non-hydrogen) atoms. The van der Waals surface area contributed by atoms with Gasteiger partial charge in [-0.25, -0.2) is 13.9 Å². The van der Waals surface area contributed by atoms with Crippen LogP contribution in [0.4, 0.5) is 0 Å². The lowest BCUT2D eigenvalue weighted by Crippen LogP contribution is -2.49. The van der Waals surface area contributed by atoms with Crippen molar-refractivity contribution in [1.82, 2.24) is 10.0 Å². The van der Waals surface area contributed by atoms with E-state index in [0.29, 0.717) is 11.5 Å². The van der Waals surface area contributed by atoms with Crippen molar-refractivity contribution >= 4 is 15.7 Å². The van der Waals surface area contributed by atoms with Crippen molar-refractivity contribution < 1.29 is 23.5 Å². The predicted molar refractivity (Wildman–Crippen MR) is 106 cm³/mol. The Morgan fingerprint density at radius 3 is 2.62 bits per heavy atom. The third-order valence-corrected chi connectivity index (χ3v) is 7.29. The first-order valence-corrected chi connectivity index (χ1v) is 11.0. The average molecular weight is 420 g/mol. The molecule has 1 saturated carbocycles. The van der Waals surface area contributed by atoms with Crippen molar-refractivity contribution in [2.24, 2.45) is 11.8 Å². The van der Waals surface area contributed by atoms with Crippen molar-refractivity contribution in [3.8, 4) is 23.7 Å². The lowest BCUT2D eigenvalue weighted by molar-refractivity contribution is -0.131. The second kappa shape index (κ2) is 9.27. The molecule has 1 unspecified atom stereocenters. The number of hydrogen-bond donors (Lipinski definition) is 3. The van der Waals surface area contributed by atoms with Crippen LogP contribution in [0.5, 0.6) is 0 Å². The van der Waals surface area contributed by atoms with E-state index in [4.69, 9.17) is 10.3 Å². The van der Waals surface area contributed by atoms with Crippen molar-refractivity contribution in [2.75, 3.05) is 12.9 Å². The van der Waals surface area contributed by atoms with Gasteiger partial charge in [0.05, 0.1) is 0 Å². The summed E-state index contributed by atoms with van der Waals surface area (Å²) in [6.07, 6.45) is 3.93. The minimum Gasteiger partial charge on any atom is -0.396 e. The Bertz CT molecular complexity index is 1050. The monoisotopic (exact) mass is 420 g/mol. The van der Waals surface area contributed by atoms with Gasteiger partial charge in [-0.1, -0.05) is 11.8 Å². The summed E-state index contributed by atoms with van der Waals surface area (Å²) in [5.41, 5.74) is 1.45. The molecule has 3 N–H and O–H groups in total. The number of aliphatic hydroxyl groups excluding tert-OH is 1. The number of pyridine rings is 1. The number of aryl methyl sites for hydroxylation is 1. The second-order valence-corrected chi connectivity index (χ2v) is 9.82. The molecule has 9 heteroatoms. The zero-order valence-electron chi connectivity index (χ0n) is 16.3. The molecule has 1 amide bonds. The standard InChI is InChI=1S/C20H24N2O6S/c1-20(19(25)21-26,29(2,27)28)8-10-22-9-7-15(13-18(22)24)5-3-4-6-16-11-17(12-16)14-23/h7,9,13,16-17,23,26H,8,10-12,14H2,1-2H3,(H,21,25). The fourth-order valence-electron chi connectivity index (χ4n) is 2.93. The number of carbonyl (C=O) groups excluding carboxylic acids is 1. The van der Waals surface area contributed by atoms with Gasteiger partial charge in [-0.3, -0.25) is 14.8 Å². The molecule has 0 aliphatic heterocycles. The van der Waals surface area contributed by atoms with Crippen LogP contribution >= 0.6 is 0 Å². The summed E-state index contributed by atoms with van der Waals surface area (Å²) in [4.78, 5) is 24.1. The van der Waals surface area contributed by atoms with Crippen LogP contribution < -0.4 is 11.0 Å². The Morgan fingerprint density at radius 1 is 1.38 bits per heavy atom. The van der Waals surface area contributed by atoms with Gasteiger partial charge in [-0.15, -0.1) is 0 Å². The van der Waals surface area contributed by atoms with E-state index in [1.54, 1.807) is 6.07 Å². The maximum Gasteiger partial charge on any atom is 0.264 e. The largest absolute Gasteiger partial charge is 0.396 e. The van der Waals surface area contributed by atoms with E-state index in [1.165, 1.54) is 29.2 Å². The molecule has 0 spiro atoms. The van der Waals surface area contributed by atoms with Crippen LogP contribution in [0, 0.1) is 35.5 Å². The van der Waals surface area contributed by atoms with Gasteiger partial charge in [0.25, 0.3) is 11.5 Å². The van der Waals surface area contributed by atoms with Crippen molar-refractivity contribution in [2.45, 2.75) is 37.5 Å². The number of aromatic nitrogens is 1. The fraction of sp³-hybridized carbons (Fsp3) is 0.500. The van der Waals surface area contributed by atoms with Gasteiger partial charge in [0.15, 0.2) is 14.6 Å².